The summed E-state index contributed by atoms with van der Waals surface area (Å²) in [6.07, 6.45) is 5.32. The molecule has 0 bridgehead atoms. The Morgan fingerprint density at radius 2 is 2.18 bits per heavy atom. The van der Waals surface area contributed by atoms with Crippen LogP contribution < -0.4 is 0 Å². The molecule has 114 valence electrons. The van der Waals surface area contributed by atoms with E-state index < -0.39 is 0 Å². The highest BCUT2D eigenvalue weighted by Gasteiger charge is 2.22. The quantitative estimate of drug-likeness (QED) is 0.711. The van der Waals surface area contributed by atoms with Gasteiger partial charge in [0, 0.05) is 32.2 Å². The first-order valence-electron chi connectivity index (χ1n) is 6.86. The van der Waals surface area contributed by atoms with Gasteiger partial charge in [0.2, 0.25) is 0 Å². The predicted octanol–water partition coefficient (Wildman–Crippen LogP) is 1.98. The van der Waals surface area contributed by atoms with Crippen LogP contribution in [0.1, 0.15) is 23.1 Å². The second-order valence-corrected chi connectivity index (χ2v) is 5.67. The van der Waals surface area contributed by atoms with E-state index in [4.69, 9.17) is 0 Å². The summed E-state index contributed by atoms with van der Waals surface area (Å²) >= 11 is 3.41. The number of hydrogen-bond donors (Lipinski definition) is 0. The van der Waals surface area contributed by atoms with Crippen molar-refractivity contribution in [1.29, 1.82) is 0 Å². The zero-order valence-corrected chi connectivity index (χ0v) is 13.9. The highest BCUT2D eigenvalue weighted by molar-refractivity contribution is 9.10. The molecule has 0 radical (unpaired) electrons. The van der Waals surface area contributed by atoms with Gasteiger partial charge >= 0.3 is 0 Å². The highest BCUT2D eigenvalue weighted by atomic mass is 79.9. The van der Waals surface area contributed by atoms with E-state index in [9.17, 15) is 4.79 Å². The molecule has 3 rings (SSSR count). The first-order chi connectivity index (χ1) is 10.6. The number of amides is 1. The van der Waals surface area contributed by atoms with Crippen LogP contribution in [0.15, 0.2) is 35.2 Å². The van der Waals surface area contributed by atoms with Crippen LogP contribution in [0.2, 0.25) is 0 Å². The number of hydrogen-bond acceptors (Lipinski definition) is 4. The molecule has 22 heavy (non-hydrogen) atoms. The Morgan fingerprint density at radius 3 is 2.86 bits per heavy atom. The fourth-order valence-corrected chi connectivity index (χ4v) is 2.69. The topological polar surface area (TPSA) is 68.3 Å². The van der Waals surface area contributed by atoms with Crippen LogP contribution >= 0.6 is 15.9 Å². The summed E-state index contributed by atoms with van der Waals surface area (Å²) in [7, 11) is 1.73. The Balaban J connectivity index is 1.83. The van der Waals surface area contributed by atoms with Crippen LogP contribution in [0, 0.1) is 0 Å². The standard InChI is InChI=1S/C14H15BrN6O/c1-3-20-8-5-10(17-20)9-19(2)14(22)12-11(15)13-16-6-4-7-21(13)18-12/h4-8H,3,9H2,1-2H3. The Morgan fingerprint density at radius 1 is 1.36 bits per heavy atom. The molecule has 0 atom stereocenters. The summed E-state index contributed by atoms with van der Waals surface area (Å²) in [4.78, 5) is 18.4. The molecular formula is C14H15BrN6O. The summed E-state index contributed by atoms with van der Waals surface area (Å²) in [6.45, 7) is 3.26. The van der Waals surface area contributed by atoms with Crippen LogP contribution in [-0.2, 0) is 13.1 Å². The number of aromatic nitrogens is 5. The summed E-state index contributed by atoms with van der Waals surface area (Å²) < 4.78 is 4.01. The van der Waals surface area contributed by atoms with Crippen molar-refractivity contribution in [3.05, 3.63) is 46.6 Å². The van der Waals surface area contributed by atoms with Gasteiger partial charge in [0.15, 0.2) is 11.3 Å². The lowest BCUT2D eigenvalue weighted by Crippen LogP contribution is -2.27. The Kier molecular flexibility index (Phi) is 3.93. The number of nitrogens with zero attached hydrogens (tertiary/aromatic N) is 6. The minimum atomic E-state index is -0.177. The smallest absolute Gasteiger partial charge is 0.275 e. The van der Waals surface area contributed by atoms with Crippen LogP contribution in [0.4, 0.5) is 0 Å². The molecule has 0 fully saturated rings. The molecule has 7 nitrogen and oxygen atoms in total. The third-order valence-corrected chi connectivity index (χ3v) is 4.04. The number of carbonyl (C=O) groups excluding carboxylic acids is 1. The maximum Gasteiger partial charge on any atom is 0.275 e. The molecule has 1 amide bonds. The van der Waals surface area contributed by atoms with Gasteiger partial charge < -0.3 is 4.90 Å². The van der Waals surface area contributed by atoms with Crippen LogP contribution in [-0.4, -0.2) is 42.2 Å². The molecule has 0 aromatic carbocycles. The fourth-order valence-electron chi connectivity index (χ4n) is 2.16. The van der Waals surface area contributed by atoms with Gasteiger partial charge in [-0.3, -0.25) is 9.48 Å². The monoisotopic (exact) mass is 362 g/mol. The van der Waals surface area contributed by atoms with Crippen molar-refractivity contribution in [1.82, 2.24) is 29.3 Å². The molecule has 8 heteroatoms. The average molecular weight is 363 g/mol. The minimum Gasteiger partial charge on any atom is -0.334 e. The van der Waals surface area contributed by atoms with E-state index in [1.807, 2.05) is 23.9 Å². The number of rotatable bonds is 4. The minimum absolute atomic E-state index is 0.177. The average Bonchev–Trinajstić information content (AvgIpc) is 3.11. The molecule has 0 unspecified atom stereocenters. The third-order valence-electron chi connectivity index (χ3n) is 3.31. The molecule has 3 aromatic rings. The molecule has 0 aliphatic rings. The largest absolute Gasteiger partial charge is 0.334 e. The molecule has 0 saturated heterocycles. The van der Waals surface area contributed by atoms with Crippen molar-refractivity contribution < 1.29 is 4.79 Å². The van der Waals surface area contributed by atoms with E-state index in [0.717, 1.165) is 12.2 Å². The molecule has 3 heterocycles. The van der Waals surface area contributed by atoms with E-state index >= 15 is 0 Å². The van der Waals surface area contributed by atoms with Crippen molar-refractivity contribution >= 4 is 27.5 Å². The first-order valence-corrected chi connectivity index (χ1v) is 7.66. The lowest BCUT2D eigenvalue weighted by atomic mass is 10.3. The van der Waals surface area contributed by atoms with Gasteiger partial charge in [0.1, 0.15) is 0 Å². The third kappa shape index (κ3) is 2.61. The van der Waals surface area contributed by atoms with Gasteiger partial charge in [0.05, 0.1) is 16.7 Å². The number of aryl methyl sites for hydroxylation is 1. The lowest BCUT2D eigenvalue weighted by molar-refractivity contribution is 0.0776. The fraction of sp³-hybridized carbons (Fsp3) is 0.286. The summed E-state index contributed by atoms with van der Waals surface area (Å²) in [6, 6.07) is 3.68. The summed E-state index contributed by atoms with van der Waals surface area (Å²) in [5.41, 5.74) is 1.81. The van der Waals surface area contributed by atoms with Crippen LogP contribution in [0.3, 0.4) is 0 Å². The first kappa shape index (κ1) is 14.7. The SMILES string of the molecule is CCn1ccc(CN(C)C(=O)c2nn3cccnc3c2Br)n1. The lowest BCUT2D eigenvalue weighted by Gasteiger charge is -2.14. The number of fused-ring (bicyclic) bond motifs is 1. The second kappa shape index (κ2) is 5.88. The maximum absolute atomic E-state index is 12.6. The zero-order chi connectivity index (χ0) is 15.7. The predicted molar refractivity (Wildman–Crippen MR) is 84.4 cm³/mol. The van der Waals surface area contributed by atoms with E-state index in [0.29, 0.717) is 22.4 Å². The van der Waals surface area contributed by atoms with Gasteiger partial charge in [-0.05, 0) is 35.0 Å². The molecule has 0 spiro atoms. The molecular weight excluding hydrogens is 348 g/mol. The van der Waals surface area contributed by atoms with Gasteiger partial charge in [0.25, 0.3) is 5.91 Å². The maximum atomic E-state index is 12.6. The van der Waals surface area contributed by atoms with Gasteiger partial charge in [-0.15, -0.1) is 0 Å². The molecule has 0 saturated carbocycles. The molecule has 0 N–H and O–H groups in total. The van der Waals surface area contributed by atoms with Gasteiger partial charge in [-0.2, -0.15) is 10.2 Å². The molecule has 0 aliphatic carbocycles. The summed E-state index contributed by atoms with van der Waals surface area (Å²) in [5.74, 6) is -0.177. The second-order valence-electron chi connectivity index (χ2n) is 4.87. The van der Waals surface area contributed by atoms with Crippen LogP contribution in [0.5, 0.6) is 0 Å². The number of carbonyl (C=O) groups is 1. The van der Waals surface area contributed by atoms with Crippen molar-refractivity contribution in [3.63, 3.8) is 0 Å². The van der Waals surface area contributed by atoms with Crippen molar-refractivity contribution in [2.45, 2.75) is 20.0 Å². The van der Waals surface area contributed by atoms with E-state index in [1.165, 1.54) is 0 Å². The molecule has 3 aromatic heterocycles. The van der Waals surface area contributed by atoms with Gasteiger partial charge in [-0.1, -0.05) is 0 Å². The normalized spacial score (nSPS) is 11.0. The Bertz CT molecular complexity index is 824. The molecule has 0 aliphatic heterocycles. The van der Waals surface area contributed by atoms with E-state index in [2.05, 4.69) is 31.1 Å². The number of halogens is 1. The van der Waals surface area contributed by atoms with Crippen molar-refractivity contribution in [3.8, 4) is 0 Å². The van der Waals surface area contributed by atoms with Crippen LogP contribution in [0.25, 0.3) is 5.65 Å². The Hall–Kier alpha value is -2.22. The highest BCUT2D eigenvalue weighted by Crippen LogP contribution is 2.22. The Labute approximate surface area is 135 Å². The van der Waals surface area contributed by atoms with Crippen molar-refractivity contribution in [2.75, 3.05) is 7.05 Å². The van der Waals surface area contributed by atoms with Gasteiger partial charge in [-0.25, -0.2) is 9.50 Å². The summed E-state index contributed by atoms with van der Waals surface area (Å²) in [5, 5.41) is 8.67. The van der Waals surface area contributed by atoms with E-state index in [-0.39, 0.29) is 5.91 Å². The zero-order valence-electron chi connectivity index (χ0n) is 12.3. The van der Waals surface area contributed by atoms with E-state index in [1.54, 1.807) is 34.9 Å². The van der Waals surface area contributed by atoms with Crippen molar-refractivity contribution in [2.24, 2.45) is 0 Å².